The number of methoxy groups -OCH3 is 1. The first-order chi connectivity index (χ1) is 15.3. The van der Waals surface area contributed by atoms with E-state index in [2.05, 4.69) is 9.84 Å². The van der Waals surface area contributed by atoms with Crippen molar-refractivity contribution in [1.29, 1.82) is 0 Å². The highest BCUT2D eigenvalue weighted by atomic mass is 19.4. The number of benzene rings is 2. The summed E-state index contributed by atoms with van der Waals surface area (Å²) in [4.78, 5) is 23.9. The number of nitrogens with zero attached hydrogens (tertiary/aromatic N) is 2. The van der Waals surface area contributed by atoms with Gasteiger partial charge in [-0.15, -0.1) is 0 Å². The summed E-state index contributed by atoms with van der Waals surface area (Å²) >= 11 is 0. The molecule has 0 N–H and O–H groups in total. The van der Waals surface area contributed by atoms with Gasteiger partial charge >= 0.3 is 18.1 Å². The number of fused-ring (bicyclic) bond motifs is 1. The van der Waals surface area contributed by atoms with Crippen LogP contribution in [0.15, 0.2) is 48.5 Å². The summed E-state index contributed by atoms with van der Waals surface area (Å²) in [6.07, 6.45) is -2.14. The Balaban J connectivity index is 1.54. The second-order valence-corrected chi connectivity index (χ2v) is 7.34. The minimum absolute atomic E-state index is 0.225. The Labute approximate surface area is 181 Å². The maximum Gasteiger partial charge on any atom is 0.435 e. The van der Waals surface area contributed by atoms with Gasteiger partial charge in [0, 0.05) is 11.3 Å². The molecule has 1 heterocycles. The molecular formula is C23H19F3N2O4. The zero-order valence-electron chi connectivity index (χ0n) is 17.1. The molecule has 3 aromatic rings. The van der Waals surface area contributed by atoms with Gasteiger partial charge < -0.3 is 9.47 Å². The lowest BCUT2D eigenvalue weighted by Crippen LogP contribution is -2.11. The first kappa shape index (κ1) is 21.6. The van der Waals surface area contributed by atoms with Gasteiger partial charge in [-0.2, -0.15) is 18.3 Å². The molecule has 0 amide bonds. The molecule has 6 nitrogen and oxygen atoms in total. The molecule has 9 heteroatoms. The molecule has 1 aliphatic carbocycles. The third-order valence-electron chi connectivity index (χ3n) is 5.28. The Morgan fingerprint density at radius 3 is 2.12 bits per heavy atom. The molecule has 2 aromatic carbocycles. The van der Waals surface area contributed by atoms with Crippen LogP contribution in [0.4, 0.5) is 13.2 Å². The van der Waals surface area contributed by atoms with Gasteiger partial charge in [0.1, 0.15) is 5.75 Å². The van der Waals surface area contributed by atoms with Crippen LogP contribution in [0.5, 0.6) is 5.75 Å². The standard InChI is InChI=1S/C23H19F3N2O4/c1-31-21(29)14-8-12-17(13-9-14)32-22(30)15-6-10-16(11-7-15)28-19-5-3-2-4-18(19)20(27-28)23(24,25)26/h6-13H,2-5H2,1H3. The third kappa shape index (κ3) is 4.23. The molecule has 166 valence electrons. The maximum atomic E-state index is 13.4. The average Bonchev–Trinajstić information content (AvgIpc) is 3.19. The number of esters is 2. The summed E-state index contributed by atoms with van der Waals surface area (Å²) < 4.78 is 51.4. The Morgan fingerprint density at radius 2 is 1.50 bits per heavy atom. The smallest absolute Gasteiger partial charge is 0.435 e. The molecule has 1 aliphatic rings. The van der Waals surface area contributed by atoms with E-state index in [1.807, 2.05) is 0 Å². The highest BCUT2D eigenvalue weighted by Gasteiger charge is 2.39. The van der Waals surface area contributed by atoms with E-state index >= 15 is 0 Å². The van der Waals surface area contributed by atoms with Crippen molar-refractivity contribution in [3.63, 3.8) is 0 Å². The van der Waals surface area contributed by atoms with Crippen molar-refractivity contribution in [3.05, 3.63) is 76.6 Å². The number of hydrogen-bond acceptors (Lipinski definition) is 5. The molecule has 0 fully saturated rings. The van der Waals surface area contributed by atoms with E-state index in [4.69, 9.17) is 4.74 Å². The summed E-state index contributed by atoms with van der Waals surface area (Å²) in [5, 5.41) is 3.84. The van der Waals surface area contributed by atoms with Gasteiger partial charge in [0.2, 0.25) is 0 Å². The highest BCUT2D eigenvalue weighted by molar-refractivity contribution is 5.92. The van der Waals surface area contributed by atoms with Crippen LogP contribution in [0.2, 0.25) is 0 Å². The lowest BCUT2D eigenvalue weighted by molar-refractivity contribution is -0.142. The number of hydrogen-bond donors (Lipinski definition) is 0. The molecule has 0 spiro atoms. The van der Waals surface area contributed by atoms with Crippen LogP contribution in [0.3, 0.4) is 0 Å². The van der Waals surface area contributed by atoms with Crippen molar-refractivity contribution in [1.82, 2.24) is 9.78 Å². The van der Waals surface area contributed by atoms with E-state index < -0.39 is 23.8 Å². The fourth-order valence-electron chi connectivity index (χ4n) is 3.72. The zero-order chi connectivity index (χ0) is 22.9. The first-order valence-corrected chi connectivity index (χ1v) is 9.97. The number of rotatable bonds is 4. The monoisotopic (exact) mass is 444 g/mol. The molecule has 0 saturated carbocycles. The number of carbonyl (C=O) groups is 2. The zero-order valence-corrected chi connectivity index (χ0v) is 17.1. The van der Waals surface area contributed by atoms with Crippen molar-refractivity contribution in [2.24, 2.45) is 0 Å². The second-order valence-electron chi connectivity index (χ2n) is 7.34. The van der Waals surface area contributed by atoms with Crippen LogP contribution in [-0.2, 0) is 23.8 Å². The van der Waals surface area contributed by atoms with Crippen LogP contribution in [0.1, 0.15) is 50.5 Å². The molecule has 0 unspecified atom stereocenters. The molecule has 1 aromatic heterocycles. The first-order valence-electron chi connectivity index (χ1n) is 9.97. The van der Waals surface area contributed by atoms with Crippen LogP contribution < -0.4 is 4.74 Å². The van der Waals surface area contributed by atoms with Gasteiger partial charge in [-0.3, -0.25) is 0 Å². The summed E-state index contributed by atoms with van der Waals surface area (Å²) in [7, 11) is 1.27. The fourth-order valence-corrected chi connectivity index (χ4v) is 3.72. The van der Waals surface area contributed by atoms with Crippen molar-refractivity contribution in [2.45, 2.75) is 31.9 Å². The second kappa shape index (κ2) is 8.49. The predicted octanol–water partition coefficient (Wildman–Crippen LogP) is 4.78. The molecule has 0 radical (unpaired) electrons. The van der Waals surface area contributed by atoms with Crippen LogP contribution in [0, 0.1) is 0 Å². The van der Waals surface area contributed by atoms with E-state index in [9.17, 15) is 22.8 Å². The normalized spacial score (nSPS) is 13.4. The van der Waals surface area contributed by atoms with Crippen molar-refractivity contribution >= 4 is 11.9 Å². The Bertz CT molecular complexity index is 1150. The molecule has 4 rings (SSSR count). The Kier molecular flexibility index (Phi) is 5.73. The topological polar surface area (TPSA) is 70.4 Å². The van der Waals surface area contributed by atoms with Gasteiger partial charge in [-0.1, -0.05) is 0 Å². The summed E-state index contributed by atoms with van der Waals surface area (Å²) in [5.41, 5.74) is 0.955. The molecule has 0 atom stereocenters. The van der Waals surface area contributed by atoms with Gasteiger partial charge in [0.05, 0.1) is 23.9 Å². The van der Waals surface area contributed by atoms with Gasteiger partial charge in [0.25, 0.3) is 0 Å². The third-order valence-corrected chi connectivity index (χ3v) is 5.28. The van der Waals surface area contributed by atoms with Crippen LogP contribution in [-0.4, -0.2) is 28.8 Å². The van der Waals surface area contributed by atoms with Crippen LogP contribution >= 0.6 is 0 Å². The average molecular weight is 444 g/mol. The maximum absolute atomic E-state index is 13.4. The number of aromatic nitrogens is 2. The molecule has 0 aliphatic heterocycles. The highest BCUT2D eigenvalue weighted by Crippen LogP contribution is 2.36. The lowest BCUT2D eigenvalue weighted by Gasteiger charge is -2.14. The number of carbonyl (C=O) groups excluding carboxylic acids is 2. The molecular weight excluding hydrogens is 425 g/mol. The molecule has 0 saturated heterocycles. The fraction of sp³-hybridized carbons (Fsp3) is 0.261. The van der Waals surface area contributed by atoms with E-state index in [1.54, 1.807) is 12.1 Å². The lowest BCUT2D eigenvalue weighted by atomic mass is 9.95. The summed E-state index contributed by atoms with van der Waals surface area (Å²) in [6.45, 7) is 0. The quantitative estimate of drug-likeness (QED) is 0.428. The largest absolute Gasteiger partial charge is 0.465 e. The molecule has 32 heavy (non-hydrogen) atoms. The van der Waals surface area contributed by atoms with Gasteiger partial charge in [-0.05, 0) is 74.2 Å². The minimum Gasteiger partial charge on any atom is -0.465 e. The number of alkyl halides is 3. The Morgan fingerprint density at radius 1 is 0.906 bits per heavy atom. The van der Waals surface area contributed by atoms with Crippen molar-refractivity contribution < 1.29 is 32.2 Å². The van der Waals surface area contributed by atoms with Gasteiger partial charge in [-0.25, -0.2) is 14.3 Å². The van der Waals surface area contributed by atoms with Crippen molar-refractivity contribution in [3.8, 4) is 11.4 Å². The van der Waals surface area contributed by atoms with Gasteiger partial charge in [0.15, 0.2) is 5.69 Å². The van der Waals surface area contributed by atoms with E-state index in [-0.39, 0.29) is 16.9 Å². The molecule has 0 bridgehead atoms. The van der Waals surface area contributed by atoms with E-state index in [1.165, 1.54) is 48.2 Å². The summed E-state index contributed by atoms with van der Waals surface area (Å²) in [5.74, 6) is -0.906. The summed E-state index contributed by atoms with van der Waals surface area (Å²) in [6, 6.07) is 11.9. The predicted molar refractivity (Wildman–Crippen MR) is 108 cm³/mol. The number of ether oxygens (including phenoxy) is 2. The SMILES string of the molecule is COC(=O)c1ccc(OC(=O)c2ccc(-n3nc(C(F)(F)F)c4c3CCCC4)cc2)cc1. The van der Waals surface area contributed by atoms with E-state index in [0.717, 1.165) is 6.42 Å². The Hall–Kier alpha value is -3.62. The van der Waals surface area contributed by atoms with E-state index in [0.29, 0.717) is 36.2 Å². The van der Waals surface area contributed by atoms with Crippen molar-refractivity contribution in [2.75, 3.05) is 7.11 Å². The van der Waals surface area contributed by atoms with Crippen LogP contribution in [0.25, 0.3) is 5.69 Å². The minimum atomic E-state index is -4.51. The number of halogens is 3.